The molecule has 2 N–H and O–H groups in total. The fourth-order valence-corrected chi connectivity index (χ4v) is 3.30. The number of carboxylic acid groups (broad SMARTS) is 1. The van der Waals surface area contributed by atoms with Crippen LogP contribution < -0.4 is 9.83 Å². The van der Waals surface area contributed by atoms with Crippen molar-refractivity contribution in [1.29, 1.82) is 0 Å². The van der Waals surface area contributed by atoms with Gasteiger partial charge in [0.25, 0.3) is 10.0 Å². The second-order valence-corrected chi connectivity index (χ2v) is 6.45. The summed E-state index contributed by atoms with van der Waals surface area (Å²) in [6, 6.07) is 10.7. The molecule has 0 bridgehead atoms. The van der Waals surface area contributed by atoms with E-state index in [9.17, 15) is 22.7 Å². The van der Waals surface area contributed by atoms with Crippen molar-refractivity contribution < 1.29 is 22.7 Å². The molecule has 0 saturated carbocycles. The highest BCUT2D eigenvalue weighted by Crippen LogP contribution is 2.29. The summed E-state index contributed by atoms with van der Waals surface area (Å²) in [5.74, 6) is -2.12. The first-order chi connectivity index (χ1) is 10.9. The molecule has 3 aromatic rings. The third-order valence-corrected chi connectivity index (χ3v) is 4.64. The smallest absolute Gasteiger partial charge is 0.261 e. The lowest BCUT2D eigenvalue weighted by Gasteiger charge is -2.10. The topological polar surface area (TPSA) is 102 Å². The molecule has 1 heterocycles. The number of benzene rings is 2. The van der Waals surface area contributed by atoms with E-state index in [1.807, 2.05) is 0 Å². The fraction of sp³-hybridized carbons (Fsp3) is 0. The number of H-pyrrole nitrogens is 1. The summed E-state index contributed by atoms with van der Waals surface area (Å²) in [6.45, 7) is 0. The van der Waals surface area contributed by atoms with Crippen molar-refractivity contribution in [3.63, 3.8) is 0 Å². The number of hydrogen-bond donors (Lipinski definition) is 2. The van der Waals surface area contributed by atoms with Crippen LogP contribution in [0.1, 0.15) is 10.5 Å². The number of aromatic carboxylic acids is 1. The minimum atomic E-state index is -4.08. The lowest BCUT2D eigenvalue weighted by molar-refractivity contribution is -0.255. The van der Waals surface area contributed by atoms with Crippen LogP contribution in [0.4, 0.5) is 10.1 Å². The third kappa shape index (κ3) is 2.76. The molecule has 0 aliphatic carbocycles. The van der Waals surface area contributed by atoms with Gasteiger partial charge in [0.2, 0.25) is 0 Å². The maximum Gasteiger partial charge on any atom is 0.261 e. The SMILES string of the molecule is O=C([O-])c1[nH]c2ccccc2c1NS(=O)(=O)c1ccc(F)cc1. The Bertz CT molecular complexity index is 994. The van der Waals surface area contributed by atoms with Crippen molar-refractivity contribution in [3.8, 4) is 0 Å². The molecule has 6 nitrogen and oxygen atoms in total. The number of carbonyl (C=O) groups excluding carboxylic acids is 1. The summed E-state index contributed by atoms with van der Waals surface area (Å²) in [7, 11) is -4.08. The second kappa shape index (κ2) is 5.40. The second-order valence-electron chi connectivity index (χ2n) is 4.77. The highest BCUT2D eigenvalue weighted by molar-refractivity contribution is 7.92. The van der Waals surface area contributed by atoms with Gasteiger partial charge in [-0.25, -0.2) is 12.8 Å². The first-order valence-corrected chi connectivity index (χ1v) is 7.97. The Labute approximate surface area is 130 Å². The van der Waals surface area contributed by atoms with Crippen molar-refractivity contribution in [2.75, 3.05) is 4.72 Å². The summed E-state index contributed by atoms with van der Waals surface area (Å²) in [5, 5.41) is 11.6. The van der Waals surface area contributed by atoms with Crippen LogP contribution in [0.25, 0.3) is 10.9 Å². The number of hydrogen-bond acceptors (Lipinski definition) is 4. The number of rotatable bonds is 4. The van der Waals surface area contributed by atoms with Crippen molar-refractivity contribution >= 4 is 32.6 Å². The van der Waals surface area contributed by atoms with Gasteiger partial charge in [0.05, 0.1) is 22.2 Å². The normalized spacial score (nSPS) is 11.5. The number of halogens is 1. The Hall–Kier alpha value is -2.87. The number of fused-ring (bicyclic) bond motifs is 1. The van der Waals surface area contributed by atoms with Crippen LogP contribution in [0, 0.1) is 5.82 Å². The Morgan fingerprint density at radius 1 is 1.09 bits per heavy atom. The number of aromatic amines is 1. The van der Waals surface area contributed by atoms with Crippen LogP contribution in [-0.2, 0) is 10.0 Å². The maximum absolute atomic E-state index is 12.9. The molecule has 0 aliphatic heterocycles. The predicted octanol–water partition coefficient (Wildman–Crippen LogP) is 1.47. The molecule has 1 aromatic heterocycles. The molecule has 0 unspecified atom stereocenters. The molecular weight excluding hydrogens is 323 g/mol. The predicted molar refractivity (Wildman–Crippen MR) is 79.8 cm³/mol. The van der Waals surface area contributed by atoms with Gasteiger partial charge in [-0.2, -0.15) is 0 Å². The van der Waals surface area contributed by atoms with Gasteiger partial charge in [0.15, 0.2) is 0 Å². The van der Waals surface area contributed by atoms with Crippen molar-refractivity contribution in [3.05, 3.63) is 60.0 Å². The molecule has 2 aromatic carbocycles. The Kier molecular flexibility index (Phi) is 3.53. The van der Waals surface area contributed by atoms with Gasteiger partial charge >= 0.3 is 0 Å². The number of carboxylic acids is 1. The minimum absolute atomic E-state index is 0.120. The van der Waals surface area contributed by atoms with E-state index in [2.05, 4.69) is 9.71 Å². The number of para-hydroxylation sites is 1. The molecular formula is C15H10FN2O4S-. The van der Waals surface area contributed by atoms with Crippen LogP contribution in [-0.4, -0.2) is 19.4 Å². The molecule has 0 amide bonds. The number of carbonyl (C=O) groups is 1. The summed E-state index contributed by atoms with van der Waals surface area (Å²) < 4.78 is 39.9. The van der Waals surface area contributed by atoms with E-state index in [1.165, 1.54) is 0 Å². The zero-order valence-electron chi connectivity index (χ0n) is 11.5. The average Bonchev–Trinajstić information content (AvgIpc) is 2.86. The molecule has 3 rings (SSSR count). The van der Waals surface area contributed by atoms with Crippen molar-refractivity contribution in [1.82, 2.24) is 4.98 Å². The Balaban J connectivity index is 2.12. The average molecular weight is 333 g/mol. The largest absolute Gasteiger partial charge is 0.543 e. The summed E-state index contributed by atoms with van der Waals surface area (Å²) in [4.78, 5) is 13.6. The highest BCUT2D eigenvalue weighted by atomic mass is 32.2. The number of aromatic nitrogens is 1. The highest BCUT2D eigenvalue weighted by Gasteiger charge is 2.20. The van der Waals surface area contributed by atoms with Gasteiger partial charge in [-0.15, -0.1) is 0 Å². The lowest BCUT2D eigenvalue weighted by atomic mass is 10.2. The van der Waals surface area contributed by atoms with Gasteiger partial charge in [0.1, 0.15) is 5.82 Å². The molecule has 8 heteroatoms. The molecule has 0 fully saturated rings. The number of anilines is 1. The Morgan fingerprint density at radius 2 is 1.74 bits per heavy atom. The van der Waals surface area contributed by atoms with Gasteiger partial charge < -0.3 is 14.9 Å². The standard InChI is InChI=1S/C15H11FN2O4S/c16-9-5-7-10(8-6-9)23(21,22)18-13-11-3-1-2-4-12(11)17-14(13)15(19)20/h1-8,17-18H,(H,19,20)/p-1. The van der Waals surface area contributed by atoms with Crippen molar-refractivity contribution in [2.24, 2.45) is 0 Å². The van der Waals surface area contributed by atoms with Crippen LogP contribution in [0.5, 0.6) is 0 Å². The van der Waals surface area contributed by atoms with E-state index in [0.717, 1.165) is 24.3 Å². The lowest BCUT2D eigenvalue weighted by Crippen LogP contribution is -2.25. The molecule has 0 radical (unpaired) electrons. The molecule has 0 aliphatic rings. The van der Waals surface area contributed by atoms with E-state index >= 15 is 0 Å². The first kappa shape index (κ1) is 15.0. The monoisotopic (exact) mass is 333 g/mol. The summed E-state index contributed by atoms with van der Waals surface area (Å²) in [6.07, 6.45) is 0. The van der Waals surface area contributed by atoms with Gasteiger partial charge in [0, 0.05) is 10.9 Å². The number of sulfonamides is 1. The van der Waals surface area contributed by atoms with E-state index in [1.54, 1.807) is 24.3 Å². The maximum atomic E-state index is 12.9. The van der Waals surface area contributed by atoms with Gasteiger partial charge in [-0.05, 0) is 30.3 Å². The molecule has 0 spiro atoms. The van der Waals surface area contributed by atoms with Gasteiger partial charge in [-0.1, -0.05) is 18.2 Å². The van der Waals surface area contributed by atoms with Crippen LogP contribution in [0.3, 0.4) is 0 Å². The zero-order chi connectivity index (χ0) is 16.6. The number of nitrogens with one attached hydrogen (secondary N) is 2. The quantitative estimate of drug-likeness (QED) is 0.755. The zero-order valence-corrected chi connectivity index (χ0v) is 12.4. The molecule has 118 valence electrons. The molecule has 0 atom stereocenters. The van der Waals surface area contributed by atoms with Crippen LogP contribution in [0.2, 0.25) is 0 Å². The summed E-state index contributed by atoms with van der Waals surface area (Å²) in [5.41, 5.74) is -0.0506. The first-order valence-electron chi connectivity index (χ1n) is 6.49. The van der Waals surface area contributed by atoms with E-state index in [0.29, 0.717) is 10.9 Å². The van der Waals surface area contributed by atoms with E-state index in [-0.39, 0.29) is 16.3 Å². The third-order valence-electron chi connectivity index (χ3n) is 3.27. The fourth-order valence-electron chi connectivity index (χ4n) is 2.21. The van der Waals surface area contributed by atoms with Crippen LogP contribution in [0.15, 0.2) is 53.4 Å². The van der Waals surface area contributed by atoms with E-state index < -0.39 is 21.8 Å². The van der Waals surface area contributed by atoms with Crippen LogP contribution >= 0.6 is 0 Å². The van der Waals surface area contributed by atoms with E-state index in [4.69, 9.17) is 0 Å². The minimum Gasteiger partial charge on any atom is -0.543 e. The molecule has 23 heavy (non-hydrogen) atoms. The molecule has 0 saturated heterocycles. The van der Waals surface area contributed by atoms with Gasteiger partial charge in [-0.3, -0.25) is 4.72 Å². The summed E-state index contributed by atoms with van der Waals surface area (Å²) >= 11 is 0. The van der Waals surface area contributed by atoms with Crippen molar-refractivity contribution in [2.45, 2.75) is 4.90 Å². The Morgan fingerprint density at radius 3 is 2.39 bits per heavy atom.